The van der Waals surface area contributed by atoms with Crippen LogP contribution in [0.15, 0.2) is 24.4 Å². The second-order valence-electron chi connectivity index (χ2n) is 5.52. The minimum Gasteiger partial charge on any atom is -0.301 e. The van der Waals surface area contributed by atoms with E-state index in [4.69, 9.17) is 0 Å². The summed E-state index contributed by atoms with van der Waals surface area (Å²) in [5.41, 5.74) is 0. The van der Waals surface area contributed by atoms with Gasteiger partial charge >= 0.3 is 0 Å². The van der Waals surface area contributed by atoms with Crippen LogP contribution in [0, 0.1) is 0 Å². The Bertz CT molecular complexity index is 415. The molecule has 2 heterocycles. The Morgan fingerprint density at radius 3 is 2.62 bits per heavy atom. The Morgan fingerprint density at radius 2 is 2.05 bits per heavy atom. The molecule has 0 N–H and O–H groups in total. The van der Waals surface area contributed by atoms with Gasteiger partial charge in [-0.15, -0.1) is 0 Å². The minimum atomic E-state index is 0. The SMILES string of the molecule is C.CCC(=O)N(c1ccccn1)C(C)CN1CCCCC1. The molecule has 0 aliphatic carbocycles. The third kappa shape index (κ3) is 4.81. The van der Waals surface area contributed by atoms with Crippen molar-refractivity contribution in [2.75, 3.05) is 24.5 Å². The molecule has 0 spiro atoms. The highest BCUT2D eigenvalue weighted by atomic mass is 16.2. The first-order chi connectivity index (χ1) is 9.72. The molecule has 1 unspecified atom stereocenters. The molecule has 0 radical (unpaired) electrons. The van der Waals surface area contributed by atoms with Crippen LogP contribution in [0.3, 0.4) is 0 Å². The number of nitrogens with zero attached hydrogens (tertiary/aromatic N) is 3. The molecule has 0 aromatic carbocycles. The maximum absolute atomic E-state index is 12.3. The van der Waals surface area contributed by atoms with Gasteiger partial charge in [0.15, 0.2) is 0 Å². The molecule has 1 atom stereocenters. The fraction of sp³-hybridized carbons (Fsp3) is 0.647. The van der Waals surface area contributed by atoms with Crippen LogP contribution < -0.4 is 4.90 Å². The van der Waals surface area contributed by atoms with Gasteiger partial charge < -0.3 is 4.90 Å². The summed E-state index contributed by atoms with van der Waals surface area (Å²) in [6.07, 6.45) is 6.15. The Labute approximate surface area is 129 Å². The Kier molecular flexibility index (Phi) is 7.37. The molecule has 4 nitrogen and oxygen atoms in total. The topological polar surface area (TPSA) is 36.4 Å². The lowest BCUT2D eigenvalue weighted by molar-refractivity contribution is -0.118. The third-order valence-corrected chi connectivity index (χ3v) is 3.88. The quantitative estimate of drug-likeness (QED) is 0.835. The fourth-order valence-electron chi connectivity index (χ4n) is 2.86. The van der Waals surface area contributed by atoms with Gasteiger partial charge in [-0.05, 0) is 45.0 Å². The van der Waals surface area contributed by atoms with Crippen molar-refractivity contribution in [1.29, 1.82) is 0 Å². The van der Waals surface area contributed by atoms with Crippen molar-refractivity contribution in [3.05, 3.63) is 24.4 Å². The van der Waals surface area contributed by atoms with Crippen molar-refractivity contribution in [1.82, 2.24) is 9.88 Å². The van der Waals surface area contributed by atoms with Gasteiger partial charge in [0, 0.05) is 25.2 Å². The third-order valence-electron chi connectivity index (χ3n) is 3.88. The Hall–Kier alpha value is -1.42. The van der Waals surface area contributed by atoms with E-state index in [-0.39, 0.29) is 19.4 Å². The molecule has 1 aliphatic rings. The van der Waals surface area contributed by atoms with Crippen LogP contribution in [0.4, 0.5) is 5.82 Å². The number of anilines is 1. The molecule has 1 saturated heterocycles. The number of rotatable bonds is 5. The van der Waals surface area contributed by atoms with Crippen LogP contribution in [-0.4, -0.2) is 41.5 Å². The van der Waals surface area contributed by atoms with Crippen LogP contribution in [0.2, 0.25) is 0 Å². The van der Waals surface area contributed by atoms with Gasteiger partial charge in [0.2, 0.25) is 5.91 Å². The van der Waals surface area contributed by atoms with Crippen molar-refractivity contribution in [2.45, 2.75) is 53.0 Å². The zero-order valence-corrected chi connectivity index (χ0v) is 12.6. The summed E-state index contributed by atoms with van der Waals surface area (Å²) < 4.78 is 0. The van der Waals surface area contributed by atoms with Gasteiger partial charge in [0.25, 0.3) is 0 Å². The molecule has 1 fully saturated rings. The standard InChI is InChI=1S/C16H25N3O.CH4/c1-3-16(20)19(15-9-5-6-10-17-15)14(2)13-18-11-7-4-8-12-18;/h5-6,9-10,14H,3-4,7-8,11-13H2,1-2H3;1H4. The normalized spacial score (nSPS) is 16.9. The number of carbonyl (C=O) groups excluding carboxylic acids is 1. The van der Waals surface area contributed by atoms with Crippen molar-refractivity contribution in [3.63, 3.8) is 0 Å². The average Bonchev–Trinajstić information content (AvgIpc) is 2.49. The second kappa shape index (κ2) is 8.78. The molecule has 0 saturated carbocycles. The molecule has 1 amide bonds. The number of pyridine rings is 1. The molecule has 0 bridgehead atoms. The van der Waals surface area contributed by atoms with E-state index in [2.05, 4.69) is 16.8 Å². The van der Waals surface area contributed by atoms with Crippen molar-refractivity contribution in [3.8, 4) is 0 Å². The zero-order valence-electron chi connectivity index (χ0n) is 12.6. The van der Waals surface area contributed by atoms with E-state index >= 15 is 0 Å². The van der Waals surface area contributed by atoms with E-state index in [0.29, 0.717) is 6.42 Å². The largest absolute Gasteiger partial charge is 0.301 e. The van der Waals surface area contributed by atoms with E-state index in [1.165, 1.54) is 19.3 Å². The van der Waals surface area contributed by atoms with E-state index in [0.717, 1.165) is 25.5 Å². The first-order valence-electron chi connectivity index (χ1n) is 7.67. The smallest absolute Gasteiger partial charge is 0.228 e. The first-order valence-corrected chi connectivity index (χ1v) is 7.67. The summed E-state index contributed by atoms with van der Waals surface area (Å²) in [6.45, 7) is 7.27. The van der Waals surface area contributed by atoms with Crippen molar-refractivity contribution >= 4 is 11.7 Å². The number of hydrogen-bond acceptors (Lipinski definition) is 3. The predicted molar refractivity (Wildman–Crippen MR) is 88.5 cm³/mol. The highest BCUT2D eigenvalue weighted by Crippen LogP contribution is 2.17. The molecule has 2 rings (SSSR count). The number of hydrogen-bond donors (Lipinski definition) is 0. The summed E-state index contributed by atoms with van der Waals surface area (Å²) in [5.74, 6) is 0.914. The van der Waals surface area contributed by atoms with Gasteiger partial charge in [-0.2, -0.15) is 0 Å². The molecular formula is C17H29N3O. The summed E-state index contributed by atoms with van der Waals surface area (Å²) in [4.78, 5) is 20.9. The number of aromatic nitrogens is 1. The van der Waals surface area contributed by atoms with Gasteiger partial charge in [-0.25, -0.2) is 4.98 Å². The molecule has 118 valence electrons. The number of likely N-dealkylation sites (tertiary alicyclic amines) is 1. The molecule has 21 heavy (non-hydrogen) atoms. The molecule has 1 aromatic rings. The maximum atomic E-state index is 12.3. The van der Waals surface area contributed by atoms with Crippen LogP contribution in [-0.2, 0) is 4.79 Å². The number of amides is 1. The Morgan fingerprint density at radius 1 is 1.33 bits per heavy atom. The summed E-state index contributed by atoms with van der Waals surface area (Å²) >= 11 is 0. The minimum absolute atomic E-state index is 0. The maximum Gasteiger partial charge on any atom is 0.228 e. The van der Waals surface area contributed by atoms with Crippen LogP contribution in [0.1, 0.15) is 47.0 Å². The average molecular weight is 291 g/mol. The van der Waals surface area contributed by atoms with Gasteiger partial charge in [0.05, 0.1) is 0 Å². The monoisotopic (exact) mass is 291 g/mol. The Balaban J connectivity index is 0.00000220. The fourth-order valence-corrected chi connectivity index (χ4v) is 2.86. The number of carbonyl (C=O) groups is 1. The van der Waals surface area contributed by atoms with Crippen molar-refractivity contribution < 1.29 is 4.79 Å². The number of piperidine rings is 1. The molecule has 4 heteroatoms. The van der Waals surface area contributed by atoms with Crippen LogP contribution in [0.5, 0.6) is 0 Å². The van der Waals surface area contributed by atoms with Crippen LogP contribution in [0.25, 0.3) is 0 Å². The van der Waals surface area contributed by atoms with E-state index in [1.807, 2.05) is 30.0 Å². The van der Waals surface area contributed by atoms with E-state index in [1.54, 1.807) is 6.20 Å². The summed E-state index contributed by atoms with van der Waals surface area (Å²) in [6, 6.07) is 5.90. The lowest BCUT2D eigenvalue weighted by Gasteiger charge is -2.34. The molecule has 1 aliphatic heterocycles. The van der Waals surface area contributed by atoms with E-state index < -0.39 is 0 Å². The lowest BCUT2D eigenvalue weighted by Crippen LogP contribution is -2.47. The highest BCUT2D eigenvalue weighted by Gasteiger charge is 2.24. The van der Waals surface area contributed by atoms with Crippen LogP contribution >= 0.6 is 0 Å². The van der Waals surface area contributed by atoms with Crippen molar-refractivity contribution in [2.24, 2.45) is 0 Å². The first kappa shape index (κ1) is 17.6. The lowest BCUT2D eigenvalue weighted by atomic mass is 10.1. The molecular weight excluding hydrogens is 262 g/mol. The predicted octanol–water partition coefficient (Wildman–Crippen LogP) is 3.34. The summed E-state index contributed by atoms with van der Waals surface area (Å²) in [5, 5.41) is 0. The van der Waals surface area contributed by atoms with Gasteiger partial charge in [-0.1, -0.05) is 26.8 Å². The highest BCUT2D eigenvalue weighted by molar-refractivity contribution is 5.92. The zero-order chi connectivity index (χ0) is 14.4. The second-order valence-corrected chi connectivity index (χ2v) is 5.52. The van der Waals surface area contributed by atoms with Gasteiger partial charge in [0.1, 0.15) is 5.82 Å². The van der Waals surface area contributed by atoms with Gasteiger partial charge in [-0.3, -0.25) is 9.69 Å². The summed E-state index contributed by atoms with van der Waals surface area (Å²) in [7, 11) is 0. The van der Waals surface area contributed by atoms with E-state index in [9.17, 15) is 4.79 Å². The molecule has 1 aromatic heterocycles.